The zero-order chi connectivity index (χ0) is 12.0. The fourth-order valence-electron chi connectivity index (χ4n) is 1.43. The van der Waals surface area contributed by atoms with Crippen molar-refractivity contribution in [2.24, 2.45) is 5.41 Å². The third-order valence-corrected chi connectivity index (χ3v) is 3.27. The van der Waals surface area contributed by atoms with Crippen LogP contribution < -0.4 is 5.32 Å². The van der Waals surface area contributed by atoms with Crippen LogP contribution in [0.25, 0.3) is 0 Å². The molecule has 0 aliphatic heterocycles. The van der Waals surface area contributed by atoms with Crippen LogP contribution in [0.4, 0.5) is 0 Å². The molecular weight excluding hydrogens is 270 g/mol. The van der Waals surface area contributed by atoms with Gasteiger partial charge in [0, 0.05) is 20.3 Å². The van der Waals surface area contributed by atoms with Crippen LogP contribution in [-0.2, 0) is 11.3 Å². The number of methoxy groups -OCH3 is 1. The van der Waals surface area contributed by atoms with E-state index in [-0.39, 0.29) is 5.41 Å². The maximum Gasteiger partial charge on any atom is 0.131 e. The molecule has 0 aliphatic carbocycles. The first-order valence-corrected chi connectivity index (χ1v) is 6.26. The normalized spacial score (nSPS) is 12.0. The van der Waals surface area contributed by atoms with Gasteiger partial charge in [0.05, 0.1) is 17.3 Å². The Hall–Kier alpha value is -0.320. The van der Waals surface area contributed by atoms with Crippen molar-refractivity contribution in [2.75, 3.05) is 20.3 Å². The number of furan rings is 1. The van der Waals surface area contributed by atoms with Crippen molar-refractivity contribution in [3.8, 4) is 0 Å². The second-order valence-electron chi connectivity index (χ2n) is 4.70. The quantitative estimate of drug-likeness (QED) is 0.837. The molecule has 1 heterocycles. The van der Waals surface area contributed by atoms with Crippen molar-refractivity contribution in [3.05, 3.63) is 22.6 Å². The van der Waals surface area contributed by atoms with Crippen LogP contribution in [0.15, 0.2) is 21.2 Å². The Morgan fingerprint density at radius 3 is 2.81 bits per heavy atom. The number of hydrogen-bond acceptors (Lipinski definition) is 3. The highest BCUT2D eigenvalue weighted by molar-refractivity contribution is 9.10. The van der Waals surface area contributed by atoms with Crippen LogP contribution in [0.3, 0.4) is 0 Å². The van der Waals surface area contributed by atoms with Gasteiger partial charge < -0.3 is 14.5 Å². The number of rotatable bonds is 7. The van der Waals surface area contributed by atoms with Gasteiger partial charge in [-0.3, -0.25) is 0 Å². The molecule has 16 heavy (non-hydrogen) atoms. The lowest BCUT2D eigenvalue weighted by Crippen LogP contribution is -2.30. The van der Waals surface area contributed by atoms with E-state index in [4.69, 9.17) is 9.15 Å². The van der Waals surface area contributed by atoms with Crippen LogP contribution >= 0.6 is 15.9 Å². The topological polar surface area (TPSA) is 34.4 Å². The van der Waals surface area contributed by atoms with Gasteiger partial charge >= 0.3 is 0 Å². The Morgan fingerprint density at radius 1 is 1.50 bits per heavy atom. The van der Waals surface area contributed by atoms with Gasteiger partial charge in [-0.15, -0.1) is 0 Å². The van der Waals surface area contributed by atoms with Crippen molar-refractivity contribution in [1.82, 2.24) is 5.32 Å². The maximum absolute atomic E-state index is 5.33. The first kappa shape index (κ1) is 13.7. The highest BCUT2D eigenvalue weighted by Crippen LogP contribution is 2.20. The summed E-state index contributed by atoms with van der Waals surface area (Å²) >= 11 is 3.44. The van der Waals surface area contributed by atoms with Crippen LogP contribution in [0.5, 0.6) is 0 Å². The summed E-state index contributed by atoms with van der Waals surface area (Å²) in [4.78, 5) is 0. The lowest BCUT2D eigenvalue weighted by molar-refractivity contribution is 0.150. The fraction of sp³-hybridized carbons (Fsp3) is 0.667. The summed E-state index contributed by atoms with van der Waals surface area (Å²) in [5.74, 6) is 0.947. The molecule has 0 spiro atoms. The molecule has 0 aromatic carbocycles. The van der Waals surface area contributed by atoms with Crippen molar-refractivity contribution in [3.63, 3.8) is 0 Å². The van der Waals surface area contributed by atoms with Gasteiger partial charge in [0.25, 0.3) is 0 Å². The SMILES string of the molecule is COCCC(C)(C)CNCc1occc1Br. The second-order valence-corrected chi connectivity index (χ2v) is 5.56. The summed E-state index contributed by atoms with van der Waals surface area (Å²) in [6.07, 6.45) is 2.74. The van der Waals surface area contributed by atoms with Gasteiger partial charge in [0.2, 0.25) is 0 Å². The van der Waals surface area contributed by atoms with Gasteiger partial charge in [-0.2, -0.15) is 0 Å². The van der Waals surface area contributed by atoms with Crippen LogP contribution in [0.1, 0.15) is 26.0 Å². The standard InChI is InChI=1S/C12H20BrNO2/c1-12(2,5-7-15-3)9-14-8-11-10(13)4-6-16-11/h4,6,14H,5,7-9H2,1-3H3. The molecule has 92 valence electrons. The number of nitrogens with one attached hydrogen (secondary N) is 1. The third kappa shape index (κ3) is 4.68. The predicted octanol–water partition coefficient (Wildman–Crippen LogP) is 3.19. The Morgan fingerprint density at radius 2 is 2.25 bits per heavy atom. The Kier molecular flexibility index (Phi) is 5.52. The summed E-state index contributed by atoms with van der Waals surface area (Å²) in [5.41, 5.74) is 0.245. The second kappa shape index (κ2) is 6.42. The molecule has 4 heteroatoms. The zero-order valence-electron chi connectivity index (χ0n) is 10.2. The van der Waals surface area contributed by atoms with Crippen molar-refractivity contribution >= 4 is 15.9 Å². The van der Waals surface area contributed by atoms with Gasteiger partial charge in [-0.1, -0.05) is 13.8 Å². The summed E-state index contributed by atoms with van der Waals surface area (Å²) in [7, 11) is 1.74. The van der Waals surface area contributed by atoms with E-state index in [2.05, 4.69) is 35.1 Å². The van der Waals surface area contributed by atoms with E-state index < -0.39 is 0 Å². The predicted molar refractivity (Wildman–Crippen MR) is 68.4 cm³/mol. The molecule has 0 bridgehead atoms. The molecule has 0 aliphatic rings. The highest BCUT2D eigenvalue weighted by atomic mass is 79.9. The molecule has 0 fully saturated rings. The van der Waals surface area contributed by atoms with Crippen molar-refractivity contribution < 1.29 is 9.15 Å². The molecule has 1 aromatic rings. The van der Waals surface area contributed by atoms with E-state index in [9.17, 15) is 0 Å². The summed E-state index contributed by atoms with van der Waals surface area (Å²) in [6, 6.07) is 1.91. The molecule has 0 amide bonds. The molecule has 0 saturated carbocycles. The van der Waals surface area contributed by atoms with Crippen LogP contribution in [0.2, 0.25) is 0 Å². The number of halogens is 1. The minimum Gasteiger partial charge on any atom is -0.467 e. The van der Waals surface area contributed by atoms with E-state index in [0.29, 0.717) is 0 Å². The molecule has 3 nitrogen and oxygen atoms in total. The molecule has 0 saturated heterocycles. The summed E-state index contributed by atoms with van der Waals surface area (Å²) in [5, 5.41) is 3.40. The minimum absolute atomic E-state index is 0.245. The average molecular weight is 290 g/mol. The van der Waals surface area contributed by atoms with E-state index in [0.717, 1.165) is 36.4 Å². The molecule has 1 N–H and O–H groups in total. The molecule has 1 rings (SSSR count). The van der Waals surface area contributed by atoms with Gasteiger partial charge in [-0.25, -0.2) is 0 Å². The van der Waals surface area contributed by atoms with E-state index in [1.165, 1.54) is 0 Å². The van der Waals surface area contributed by atoms with Crippen molar-refractivity contribution in [2.45, 2.75) is 26.8 Å². The van der Waals surface area contributed by atoms with Gasteiger partial charge in [-0.05, 0) is 33.8 Å². The minimum atomic E-state index is 0.245. The Labute approximate surface area is 106 Å². The molecule has 0 unspecified atom stereocenters. The van der Waals surface area contributed by atoms with Gasteiger partial charge in [0.1, 0.15) is 5.76 Å². The summed E-state index contributed by atoms with van der Waals surface area (Å²) < 4.78 is 11.4. The molecular formula is C12H20BrNO2. The zero-order valence-corrected chi connectivity index (χ0v) is 11.8. The molecule has 0 radical (unpaired) electrons. The monoisotopic (exact) mass is 289 g/mol. The lowest BCUT2D eigenvalue weighted by atomic mass is 9.90. The largest absolute Gasteiger partial charge is 0.467 e. The first-order chi connectivity index (χ1) is 7.55. The van der Waals surface area contributed by atoms with Gasteiger partial charge in [0.15, 0.2) is 0 Å². The smallest absolute Gasteiger partial charge is 0.131 e. The van der Waals surface area contributed by atoms with E-state index in [1.54, 1.807) is 13.4 Å². The van der Waals surface area contributed by atoms with Crippen LogP contribution in [0, 0.1) is 5.41 Å². The van der Waals surface area contributed by atoms with Crippen molar-refractivity contribution in [1.29, 1.82) is 0 Å². The molecule has 0 atom stereocenters. The number of hydrogen-bond donors (Lipinski definition) is 1. The first-order valence-electron chi connectivity index (χ1n) is 5.47. The highest BCUT2D eigenvalue weighted by Gasteiger charge is 2.17. The maximum atomic E-state index is 5.33. The average Bonchev–Trinajstić information content (AvgIpc) is 2.62. The Bertz CT molecular complexity index is 310. The number of ether oxygens (including phenoxy) is 1. The summed E-state index contributed by atoms with van der Waals surface area (Å²) in [6.45, 7) is 6.97. The Balaban J connectivity index is 2.27. The molecule has 1 aromatic heterocycles. The van der Waals surface area contributed by atoms with Crippen LogP contribution in [-0.4, -0.2) is 20.3 Å². The fourth-order valence-corrected chi connectivity index (χ4v) is 1.77. The third-order valence-electron chi connectivity index (χ3n) is 2.56. The van der Waals surface area contributed by atoms with E-state index >= 15 is 0 Å². The van der Waals surface area contributed by atoms with E-state index in [1.807, 2.05) is 6.07 Å². The lowest BCUT2D eigenvalue weighted by Gasteiger charge is -2.24.